The zero-order valence-corrected chi connectivity index (χ0v) is 43.5. The number of carbonyl (C=O) groups is 2. The highest BCUT2D eigenvalue weighted by Gasteiger charge is 2.37. The van der Waals surface area contributed by atoms with Crippen molar-refractivity contribution in [3.8, 4) is 0 Å². The molecule has 4 fully saturated rings. The SMILES string of the molecule is Cc1c(C(=O)N2CCC(N[C@H]3CCOC[C@@H]3F)CC2)nc(CF)nc1N1CCc2ccc(C(F)(F)F)cc2C1.Cc1c(C(=O)N2CCC(N[C@H]3CCOC[C@H]3F)CC2)nc(CF)nc1N1CCc2ccc(C(F)(F)F)cc2C1. The molecule has 0 bridgehead atoms. The van der Waals surface area contributed by atoms with E-state index in [1.165, 1.54) is 12.1 Å². The van der Waals surface area contributed by atoms with Gasteiger partial charge in [0.2, 0.25) is 0 Å². The monoisotopic (exact) mass is 1110 g/mol. The fourth-order valence-electron chi connectivity index (χ4n) is 11.3. The third-order valence-corrected chi connectivity index (χ3v) is 15.7. The molecule has 78 heavy (non-hydrogen) atoms. The molecule has 2 N–H and O–H groups in total. The number of halogens is 10. The summed E-state index contributed by atoms with van der Waals surface area (Å²) in [7, 11) is 0. The number of nitrogens with one attached hydrogen (secondary N) is 2. The van der Waals surface area contributed by atoms with Crippen LogP contribution in [0.3, 0.4) is 0 Å². The van der Waals surface area contributed by atoms with Gasteiger partial charge in [-0.15, -0.1) is 0 Å². The number of anilines is 2. The average Bonchev–Trinajstić information content (AvgIpc) is 3.47. The highest BCUT2D eigenvalue weighted by Crippen LogP contribution is 2.36. The summed E-state index contributed by atoms with van der Waals surface area (Å²) in [6.07, 6.45) is -6.23. The molecule has 14 nitrogen and oxygen atoms in total. The van der Waals surface area contributed by atoms with Crippen LogP contribution in [0.15, 0.2) is 36.4 Å². The number of ether oxygens (including phenoxy) is 2. The maximum absolute atomic E-state index is 14.1. The van der Waals surface area contributed by atoms with Crippen LogP contribution in [0, 0.1) is 13.8 Å². The zero-order chi connectivity index (χ0) is 55.5. The van der Waals surface area contributed by atoms with E-state index in [0.717, 1.165) is 35.4 Å². The van der Waals surface area contributed by atoms with E-state index < -0.39 is 49.2 Å². The lowest BCUT2D eigenvalue weighted by Gasteiger charge is -2.37. The van der Waals surface area contributed by atoms with Crippen molar-refractivity contribution >= 4 is 23.5 Å². The molecule has 6 aliphatic rings. The zero-order valence-electron chi connectivity index (χ0n) is 43.5. The van der Waals surface area contributed by atoms with Gasteiger partial charge in [0.25, 0.3) is 11.8 Å². The molecule has 2 aromatic carbocycles. The Morgan fingerprint density at radius 2 is 0.949 bits per heavy atom. The largest absolute Gasteiger partial charge is 0.416 e. The number of amides is 2. The first kappa shape index (κ1) is 57.0. The molecule has 0 radical (unpaired) electrons. The lowest BCUT2D eigenvalue weighted by atomic mass is 9.96. The van der Waals surface area contributed by atoms with Crippen molar-refractivity contribution in [1.29, 1.82) is 0 Å². The van der Waals surface area contributed by atoms with Gasteiger partial charge in [0.05, 0.1) is 24.3 Å². The van der Waals surface area contributed by atoms with Gasteiger partial charge in [-0.05, 0) is 112 Å². The van der Waals surface area contributed by atoms with Gasteiger partial charge >= 0.3 is 12.4 Å². The molecule has 0 spiro atoms. The summed E-state index contributed by atoms with van der Waals surface area (Å²) >= 11 is 0. The predicted molar refractivity (Wildman–Crippen MR) is 268 cm³/mol. The summed E-state index contributed by atoms with van der Waals surface area (Å²) in [6, 6.07) is 7.09. The Labute approximate surface area is 445 Å². The number of hydrogen-bond donors (Lipinski definition) is 2. The number of benzene rings is 2. The van der Waals surface area contributed by atoms with E-state index in [0.29, 0.717) is 138 Å². The topological polar surface area (TPSA) is 141 Å². The Kier molecular flexibility index (Phi) is 17.8. The quantitative estimate of drug-likeness (QED) is 0.148. The van der Waals surface area contributed by atoms with Crippen LogP contribution < -0.4 is 20.4 Å². The van der Waals surface area contributed by atoms with Gasteiger partial charge in [-0.1, -0.05) is 12.1 Å². The van der Waals surface area contributed by atoms with E-state index in [1.54, 1.807) is 33.4 Å². The fourth-order valence-corrected chi connectivity index (χ4v) is 11.3. The number of nitrogens with zero attached hydrogens (tertiary/aromatic N) is 8. The van der Waals surface area contributed by atoms with Crippen LogP contribution in [0.25, 0.3) is 0 Å². The van der Waals surface area contributed by atoms with Gasteiger partial charge in [-0.3, -0.25) is 9.59 Å². The standard InChI is InChI=1S/2C27H32F5N5O2/c2*1-16-24(26(38)36-9-5-20(6-10-36)33-22-7-11-39-15-21(22)29)34-23(13-28)35-25(16)37-8-4-17-2-3-19(27(30,31)32)12-18(17)14-37/h2*2-3,12,20-22,33H,4-11,13-15H2,1H3/t21-,22+;21-,22-/m10/s1. The lowest BCUT2D eigenvalue weighted by Crippen LogP contribution is -2.52. The normalized spacial score (nSPS) is 22.6. The summed E-state index contributed by atoms with van der Waals surface area (Å²) < 4.78 is 146. The Balaban J connectivity index is 0.000000190. The van der Waals surface area contributed by atoms with Gasteiger partial charge in [0, 0.05) is 101 Å². The highest BCUT2D eigenvalue weighted by atomic mass is 19.4. The first-order valence-electron chi connectivity index (χ1n) is 26.6. The molecular formula is C54H64F10N10O4. The van der Waals surface area contributed by atoms with Crippen LogP contribution in [-0.2, 0) is 61.1 Å². The van der Waals surface area contributed by atoms with Crippen LogP contribution in [0.4, 0.5) is 55.5 Å². The van der Waals surface area contributed by atoms with Crippen LogP contribution in [0.5, 0.6) is 0 Å². The lowest BCUT2D eigenvalue weighted by molar-refractivity contribution is -0.138. The van der Waals surface area contributed by atoms with Crippen molar-refractivity contribution in [2.75, 3.05) is 75.5 Å². The predicted octanol–water partition coefficient (Wildman–Crippen LogP) is 8.31. The molecule has 424 valence electrons. The number of alkyl halides is 10. The Hall–Kier alpha value is -5.72. The number of rotatable bonds is 10. The molecule has 6 aliphatic heterocycles. The van der Waals surface area contributed by atoms with Gasteiger partial charge in [-0.2, -0.15) is 26.3 Å². The molecule has 4 saturated heterocycles. The smallest absolute Gasteiger partial charge is 0.378 e. The molecule has 4 aromatic rings. The summed E-state index contributed by atoms with van der Waals surface area (Å²) in [5.41, 5.74) is 2.39. The maximum Gasteiger partial charge on any atom is 0.416 e. The summed E-state index contributed by atoms with van der Waals surface area (Å²) in [5.74, 6) is -0.244. The van der Waals surface area contributed by atoms with Crippen molar-refractivity contribution in [3.05, 3.63) is 104 Å². The van der Waals surface area contributed by atoms with E-state index in [4.69, 9.17) is 9.47 Å². The molecule has 10 rings (SSSR count). The minimum Gasteiger partial charge on any atom is -0.378 e. The molecule has 24 heteroatoms. The number of likely N-dealkylation sites (tertiary alicyclic amines) is 2. The van der Waals surface area contributed by atoms with Crippen molar-refractivity contribution in [1.82, 2.24) is 40.4 Å². The van der Waals surface area contributed by atoms with Crippen LogP contribution >= 0.6 is 0 Å². The van der Waals surface area contributed by atoms with Crippen molar-refractivity contribution in [3.63, 3.8) is 0 Å². The molecule has 0 saturated carbocycles. The van der Waals surface area contributed by atoms with E-state index in [-0.39, 0.29) is 85.3 Å². The second-order valence-electron chi connectivity index (χ2n) is 20.9. The van der Waals surface area contributed by atoms with Crippen LogP contribution in [0.1, 0.15) is 116 Å². The van der Waals surface area contributed by atoms with Crippen LogP contribution in [-0.4, -0.2) is 144 Å². The second kappa shape index (κ2) is 24.3. The Bertz CT molecular complexity index is 2590. The minimum absolute atomic E-state index is 0.0777. The minimum atomic E-state index is -4.45. The first-order valence-corrected chi connectivity index (χ1v) is 26.6. The summed E-state index contributed by atoms with van der Waals surface area (Å²) in [4.78, 5) is 50.9. The van der Waals surface area contributed by atoms with Crippen LogP contribution in [0.2, 0.25) is 0 Å². The molecular weight excluding hydrogens is 1040 g/mol. The second-order valence-corrected chi connectivity index (χ2v) is 20.9. The fraction of sp³-hybridized carbons (Fsp3) is 0.593. The molecule has 8 heterocycles. The van der Waals surface area contributed by atoms with Crippen molar-refractivity contribution in [2.45, 2.75) is 141 Å². The average molecular weight is 1110 g/mol. The number of aromatic nitrogens is 4. The Morgan fingerprint density at radius 3 is 1.29 bits per heavy atom. The molecule has 2 aromatic heterocycles. The number of fused-ring (bicyclic) bond motifs is 2. The number of hydrogen-bond acceptors (Lipinski definition) is 12. The molecule has 4 atom stereocenters. The van der Waals surface area contributed by atoms with Crippen molar-refractivity contribution in [2.24, 2.45) is 0 Å². The highest BCUT2D eigenvalue weighted by molar-refractivity contribution is 5.95. The van der Waals surface area contributed by atoms with E-state index >= 15 is 0 Å². The maximum atomic E-state index is 14.1. The first-order chi connectivity index (χ1) is 37.3. The molecule has 0 aliphatic carbocycles. The van der Waals surface area contributed by atoms with Gasteiger partial charge in [0.15, 0.2) is 11.6 Å². The molecule has 0 unspecified atom stereocenters. The summed E-state index contributed by atoms with van der Waals surface area (Å²) in [6.45, 7) is 5.68. The summed E-state index contributed by atoms with van der Waals surface area (Å²) in [5, 5.41) is 6.73. The number of piperidine rings is 2. The van der Waals surface area contributed by atoms with Gasteiger partial charge in [-0.25, -0.2) is 37.5 Å². The van der Waals surface area contributed by atoms with Gasteiger partial charge < -0.3 is 39.7 Å². The Morgan fingerprint density at radius 1 is 0.564 bits per heavy atom. The third kappa shape index (κ3) is 13.1. The van der Waals surface area contributed by atoms with Crippen molar-refractivity contribution < 1.29 is 63.0 Å². The van der Waals surface area contributed by atoms with E-state index in [2.05, 4.69) is 30.6 Å². The van der Waals surface area contributed by atoms with E-state index in [1.807, 2.05) is 0 Å². The van der Waals surface area contributed by atoms with Gasteiger partial charge in [0.1, 0.15) is 48.7 Å². The third-order valence-electron chi connectivity index (χ3n) is 15.7. The van der Waals surface area contributed by atoms with E-state index in [9.17, 15) is 53.5 Å². The molecule has 2 amide bonds. The number of carbonyl (C=O) groups excluding carboxylic acids is 2.